The summed E-state index contributed by atoms with van der Waals surface area (Å²) in [4.78, 5) is 22.4. The molecule has 20 heavy (non-hydrogen) atoms. The summed E-state index contributed by atoms with van der Waals surface area (Å²) in [5.74, 6) is -0.957. The highest BCUT2D eigenvalue weighted by Crippen LogP contribution is 2.08. The van der Waals surface area contributed by atoms with Crippen LogP contribution >= 0.6 is 0 Å². The second-order valence-corrected chi connectivity index (χ2v) is 4.09. The molecule has 0 aliphatic rings. The van der Waals surface area contributed by atoms with E-state index in [-0.39, 0.29) is 11.6 Å². The van der Waals surface area contributed by atoms with Gasteiger partial charge in [0.05, 0.1) is 12.2 Å². The average molecular weight is 280 g/mol. The molecule has 0 aliphatic carbocycles. The van der Waals surface area contributed by atoms with Crippen molar-refractivity contribution in [3.63, 3.8) is 0 Å². The van der Waals surface area contributed by atoms with Crippen molar-refractivity contribution in [3.8, 4) is 0 Å². The van der Waals surface area contributed by atoms with E-state index < -0.39 is 5.97 Å². The number of urea groups is 1. The summed E-state index contributed by atoms with van der Waals surface area (Å²) in [5, 5.41) is 14.4. The molecule has 3 N–H and O–H groups in total. The maximum Gasteiger partial charge on any atom is 0.335 e. The summed E-state index contributed by atoms with van der Waals surface area (Å²) in [6.07, 6.45) is 0.474. The van der Waals surface area contributed by atoms with Gasteiger partial charge in [0.25, 0.3) is 0 Å². The minimum Gasteiger partial charge on any atom is -0.478 e. The normalized spacial score (nSPS) is 10.1. The highest BCUT2D eigenvalue weighted by molar-refractivity contribution is 5.89. The summed E-state index contributed by atoms with van der Waals surface area (Å²) < 4.78 is 5.09. The van der Waals surface area contributed by atoms with Gasteiger partial charge >= 0.3 is 12.0 Å². The molecule has 0 aliphatic heterocycles. The van der Waals surface area contributed by atoms with E-state index in [9.17, 15) is 9.59 Å². The van der Waals surface area contributed by atoms with E-state index in [0.29, 0.717) is 38.3 Å². The Balaban J connectivity index is 2.30. The van der Waals surface area contributed by atoms with Crippen LogP contribution in [0.15, 0.2) is 24.3 Å². The molecule has 0 radical (unpaired) electrons. The fraction of sp³-hybridized carbons (Fsp3) is 0.429. The third-order valence-electron chi connectivity index (χ3n) is 2.66. The lowest BCUT2D eigenvalue weighted by Crippen LogP contribution is -2.38. The van der Waals surface area contributed by atoms with Crippen molar-refractivity contribution in [1.82, 2.24) is 10.6 Å². The maximum absolute atomic E-state index is 11.4. The lowest BCUT2D eigenvalue weighted by Gasteiger charge is -2.09. The van der Waals surface area contributed by atoms with Gasteiger partial charge in [0, 0.05) is 19.7 Å². The van der Waals surface area contributed by atoms with Crippen LogP contribution in [-0.2, 0) is 11.2 Å². The molecule has 2 amide bonds. The second kappa shape index (κ2) is 8.92. The number of aromatic carboxylic acids is 1. The molecule has 0 fully saturated rings. The van der Waals surface area contributed by atoms with Crippen LogP contribution in [0.3, 0.4) is 0 Å². The van der Waals surface area contributed by atoms with Gasteiger partial charge in [-0.15, -0.1) is 0 Å². The van der Waals surface area contributed by atoms with Gasteiger partial charge in [-0.2, -0.15) is 0 Å². The molecule has 0 heterocycles. The number of ether oxygens (including phenoxy) is 1. The minimum atomic E-state index is -0.957. The number of hydrogen-bond acceptors (Lipinski definition) is 3. The minimum absolute atomic E-state index is 0.269. The molecule has 0 unspecified atom stereocenters. The number of carbonyl (C=O) groups excluding carboxylic acids is 1. The molecule has 6 nitrogen and oxygen atoms in total. The van der Waals surface area contributed by atoms with E-state index in [2.05, 4.69) is 10.6 Å². The molecule has 6 heteroatoms. The largest absolute Gasteiger partial charge is 0.478 e. The van der Waals surface area contributed by atoms with Crippen LogP contribution in [-0.4, -0.2) is 43.4 Å². The van der Waals surface area contributed by atoms with Crippen molar-refractivity contribution in [3.05, 3.63) is 35.4 Å². The molecule has 1 rings (SSSR count). The van der Waals surface area contributed by atoms with Gasteiger partial charge in [0.15, 0.2) is 0 Å². The van der Waals surface area contributed by atoms with Gasteiger partial charge < -0.3 is 20.5 Å². The van der Waals surface area contributed by atoms with Gasteiger partial charge in [-0.1, -0.05) is 18.2 Å². The Kier molecular flexibility index (Phi) is 7.13. The topological polar surface area (TPSA) is 87.7 Å². The first-order chi connectivity index (χ1) is 9.65. The summed E-state index contributed by atoms with van der Waals surface area (Å²) >= 11 is 0. The van der Waals surface area contributed by atoms with E-state index in [4.69, 9.17) is 9.84 Å². The van der Waals surface area contributed by atoms with Crippen LogP contribution < -0.4 is 10.6 Å². The molecule has 0 spiro atoms. The Morgan fingerprint density at radius 3 is 2.60 bits per heavy atom. The predicted molar refractivity (Wildman–Crippen MR) is 75.0 cm³/mol. The number of rotatable bonds is 8. The van der Waals surface area contributed by atoms with Crippen molar-refractivity contribution < 1.29 is 19.4 Å². The average Bonchev–Trinajstić information content (AvgIpc) is 2.44. The van der Waals surface area contributed by atoms with Crippen LogP contribution in [0, 0.1) is 0 Å². The second-order valence-electron chi connectivity index (χ2n) is 4.09. The summed E-state index contributed by atoms with van der Waals surface area (Å²) in [7, 11) is 0. The lowest BCUT2D eigenvalue weighted by atomic mass is 10.0. The molecule has 0 saturated carbocycles. The molecule has 1 aromatic carbocycles. The molecule has 0 atom stereocenters. The Labute approximate surface area is 118 Å². The van der Waals surface area contributed by atoms with E-state index in [1.807, 2.05) is 6.92 Å². The van der Waals surface area contributed by atoms with Crippen molar-refractivity contribution in [2.24, 2.45) is 0 Å². The zero-order valence-corrected chi connectivity index (χ0v) is 11.5. The smallest absolute Gasteiger partial charge is 0.335 e. The van der Waals surface area contributed by atoms with Gasteiger partial charge in [0.2, 0.25) is 0 Å². The van der Waals surface area contributed by atoms with E-state index >= 15 is 0 Å². The van der Waals surface area contributed by atoms with Crippen molar-refractivity contribution in [2.45, 2.75) is 13.3 Å². The molecule has 1 aromatic rings. The molecule has 0 bridgehead atoms. The van der Waals surface area contributed by atoms with E-state index in [1.165, 1.54) is 0 Å². The fourth-order valence-corrected chi connectivity index (χ4v) is 1.70. The first kappa shape index (κ1) is 16.0. The zero-order chi connectivity index (χ0) is 14.8. The number of hydrogen-bond donors (Lipinski definition) is 3. The monoisotopic (exact) mass is 280 g/mol. The van der Waals surface area contributed by atoms with E-state index in [1.54, 1.807) is 24.3 Å². The Bertz CT molecular complexity index is 449. The number of benzene rings is 1. The van der Waals surface area contributed by atoms with Crippen molar-refractivity contribution in [1.29, 1.82) is 0 Å². The van der Waals surface area contributed by atoms with Crippen LogP contribution in [0.25, 0.3) is 0 Å². The van der Waals surface area contributed by atoms with Crippen LogP contribution in [0.2, 0.25) is 0 Å². The number of carboxylic acids is 1. The third kappa shape index (κ3) is 5.71. The van der Waals surface area contributed by atoms with Crippen LogP contribution in [0.1, 0.15) is 22.8 Å². The van der Waals surface area contributed by atoms with Gasteiger partial charge in [-0.3, -0.25) is 0 Å². The Hall–Kier alpha value is -2.08. The first-order valence-corrected chi connectivity index (χ1v) is 6.55. The SMILES string of the molecule is CCOCCNC(=O)NCCc1ccccc1C(=O)O. The highest BCUT2D eigenvalue weighted by Gasteiger charge is 2.08. The Morgan fingerprint density at radius 1 is 1.20 bits per heavy atom. The molecule has 0 saturated heterocycles. The summed E-state index contributed by atoms with van der Waals surface area (Å²) in [6, 6.07) is 6.49. The quantitative estimate of drug-likeness (QED) is 0.626. The Morgan fingerprint density at radius 2 is 1.90 bits per heavy atom. The summed E-state index contributed by atoms with van der Waals surface area (Å²) in [5.41, 5.74) is 0.973. The molecule has 0 aromatic heterocycles. The van der Waals surface area contributed by atoms with Crippen LogP contribution in [0.5, 0.6) is 0 Å². The highest BCUT2D eigenvalue weighted by atomic mass is 16.5. The number of amides is 2. The van der Waals surface area contributed by atoms with Gasteiger partial charge in [0.1, 0.15) is 0 Å². The third-order valence-corrected chi connectivity index (χ3v) is 2.66. The molecular weight excluding hydrogens is 260 g/mol. The number of carbonyl (C=O) groups is 2. The van der Waals surface area contributed by atoms with Gasteiger partial charge in [-0.25, -0.2) is 9.59 Å². The standard InChI is InChI=1S/C14H20N2O4/c1-2-20-10-9-16-14(19)15-8-7-11-5-3-4-6-12(11)13(17)18/h3-6H,2,7-10H2,1H3,(H,17,18)(H2,15,16,19). The zero-order valence-electron chi connectivity index (χ0n) is 11.5. The number of nitrogens with one attached hydrogen (secondary N) is 2. The number of carboxylic acid groups (broad SMARTS) is 1. The molecular formula is C14H20N2O4. The summed E-state index contributed by atoms with van der Waals surface area (Å²) in [6.45, 7) is 3.82. The van der Waals surface area contributed by atoms with Crippen molar-refractivity contribution >= 4 is 12.0 Å². The van der Waals surface area contributed by atoms with E-state index in [0.717, 1.165) is 0 Å². The lowest BCUT2D eigenvalue weighted by molar-refractivity contribution is 0.0695. The predicted octanol–water partition coefficient (Wildman–Crippen LogP) is 1.26. The maximum atomic E-state index is 11.4. The fourth-order valence-electron chi connectivity index (χ4n) is 1.70. The van der Waals surface area contributed by atoms with Gasteiger partial charge in [-0.05, 0) is 25.0 Å². The van der Waals surface area contributed by atoms with Crippen LogP contribution in [0.4, 0.5) is 4.79 Å². The first-order valence-electron chi connectivity index (χ1n) is 6.55. The molecule has 110 valence electrons. The van der Waals surface area contributed by atoms with Crippen molar-refractivity contribution in [2.75, 3.05) is 26.3 Å².